The first-order chi connectivity index (χ1) is 12.6. The van der Waals surface area contributed by atoms with Crippen LogP contribution >= 0.6 is 0 Å². The van der Waals surface area contributed by atoms with Gasteiger partial charge in [-0.1, -0.05) is 6.92 Å². The summed E-state index contributed by atoms with van der Waals surface area (Å²) in [5, 5.41) is 1.13. The Labute approximate surface area is 153 Å². The number of hydrogen-bond acceptors (Lipinski definition) is 3. The van der Waals surface area contributed by atoms with Crippen LogP contribution in [0.4, 0.5) is 0 Å². The zero-order valence-corrected chi connectivity index (χ0v) is 15.4. The van der Waals surface area contributed by atoms with Crippen molar-refractivity contribution < 1.29 is 4.79 Å². The lowest BCUT2D eigenvalue weighted by Gasteiger charge is -2.34. The van der Waals surface area contributed by atoms with Crippen LogP contribution in [0.3, 0.4) is 0 Å². The van der Waals surface area contributed by atoms with Gasteiger partial charge in [-0.3, -0.25) is 4.79 Å². The zero-order valence-electron chi connectivity index (χ0n) is 15.4. The Morgan fingerprint density at radius 2 is 2.27 bits per heavy atom. The molecule has 0 unspecified atom stereocenters. The average Bonchev–Trinajstić information content (AvgIpc) is 3.27. The van der Waals surface area contributed by atoms with Gasteiger partial charge in [0.15, 0.2) is 0 Å². The maximum Gasteiger partial charge on any atom is 0.227 e. The SMILES string of the molecule is Cc1nccn1C[C@@H](C)C(=O)N1CCC[C@H](c2cc3cccnc3[nH]2)C1. The highest BCUT2D eigenvalue weighted by Crippen LogP contribution is 2.29. The zero-order chi connectivity index (χ0) is 18.1. The average molecular weight is 351 g/mol. The Kier molecular flexibility index (Phi) is 4.49. The number of imidazole rings is 1. The molecular weight excluding hydrogens is 326 g/mol. The van der Waals surface area contributed by atoms with Crippen LogP contribution < -0.4 is 0 Å². The van der Waals surface area contributed by atoms with Crippen molar-refractivity contribution in [1.82, 2.24) is 24.4 Å². The topological polar surface area (TPSA) is 66.8 Å². The predicted octanol–water partition coefficient (Wildman–Crippen LogP) is 3.11. The van der Waals surface area contributed by atoms with Crippen LogP contribution in [0.5, 0.6) is 0 Å². The number of H-pyrrole nitrogens is 1. The van der Waals surface area contributed by atoms with Crippen molar-refractivity contribution >= 4 is 16.9 Å². The summed E-state index contributed by atoms with van der Waals surface area (Å²) < 4.78 is 2.05. The van der Waals surface area contributed by atoms with Crippen molar-refractivity contribution in [3.05, 3.63) is 48.3 Å². The lowest BCUT2D eigenvalue weighted by Crippen LogP contribution is -2.42. The summed E-state index contributed by atoms with van der Waals surface area (Å²) >= 11 is 0. The molecule has 0 spiro atoms. The van der Waals surface area contributed by atoms with Crippen LogP contribution in [0.15, 0.2) is 36.8 Å². The van der Waals surface area contributed by atoms with E-state index in [1.807, 2.05) is 35.6 Å². The van der Waals surface area contributed by atoms with Crippen LogP contribution in [0.1, 0.15) is 37.2 Å². The van der Waals surface area contributed by atoms with Gasteiger partial charge in [0.05, 0.1) is 5.92 Å². The largest absolute Gasteiger partial charge is 0.343 e. The molecule has 6 nitrogen and oxygen atoms in total. The third kappa shape index (κ3) is 3.23. The van der Waals surface area contributed by atoms with E-state index in [0.29, 0.717) is 12.5 Å². The summed E-state index contributed by atoms with van der Waals surface area (Å²) in [5.41, 5.74) is 2.12. The molecule has 1 saturated heterocycles. The lowest BCUT2D eigenvalue weighted by molar-refractivity contribution is -0.136. The number of hydrogen-bond donors (Lipinski definition) is 1. The highest BCUT2D eigenvalue weighted by Gasteiger charge is 2.28. The minimum Gasteiger partial charge on any atom is -0.343 e. The Morgan fingerprint density at radius 1 is 1.38 bits per heavy atom. The highest BCUT2D eigenvalue weighted by atomic mass is 16.2. The number of piperidine rings is 1. The number of likely N-dealkylation sites (tertiary alicyclic amines) is 1. The smallest absolute Gasteiger partial charge is 0.227 e. The minimum absolute atomic E-state index is 0.0500. The molecule has 26 heavy (non-hydrogen) atoms. The molecule has 4 rings (SSSR count). The first-order valence-electron chi connectivity index (χ1n) is 9.32. The third-order valence-electron chi connectivity index (χ3n) is 5.40. The van der Waals surface area contributed by atoms with E-state index in [-0.39, 0.29) is 11.8 Å². The fourth-order valence-electron chi connectivity index (χ4n) is 3.91. The molecule has 1 amide bonds. The number of carbonyl (C=O) groups is 1. The van der Waals surface area contributed by atoms with E-state index in [1.54, 1.807) is 12.4 Å². The van der Waals surface area contributed by atoms with Crippen molar-refractivity contribution in [2.45, 2.75) is 39.2 Å². The first kappa shape index (κ1) is 16.8. The molecule has 0 aromatic carbocycles. The number of pyridine rings is 1. The summed E-state index contributed by atoms with van der Waals surface area (Å²) in [5.74, 6) is 1.49. The molecule has 136 valence electrons. The van der Waals surface area contributed by atoms with Gasteiger partial charge in [-0.2, -0.15) is 0 Å². The number of nitrogens with zero attached hydrogens (tertiary/aromatic N) is 4. The number of aromatic nitrogens is 4. The Balaban J connectivity index is 1.45. The summed E-state index contributed by atoms with van der Waals surface area (Å²) in [6, 6.07) is 6.21. The highest BCUT2D eigenvalue weighted by molar-refractivity contribution is 5.79. The molecular formula is C20H25N5O. The number of nitrogens with one attached hydrogen (secondary N) is 1. The van der Waals surface area contributed by atoms with Gasteiger partial charge in [-0.15, -0.1) is 0 Å². The van der Waals surface area contributed by atoms with Crippen molar-refractivity contribution in [1.29, 1.82) is 0 Å². The van der Waals surface area contributed by atoms with Crippen molar-refractivity contribution in [3.63, 3.8) is 0 Å². The Bertz CT molecular complexity index is 879. The molecule has 1 aliphatic heterocycles. The van der Waals surface area contributed by atoms with Crippen LogP contribution in [0.2, 0.25) is 0 Å². The van der Waals surface area contributed by atoms with Gasteiger partial charge in [-0.05, 0) is 38.0 Å². The summed E-state index contributed by atoms with van der Waals surface area (Å²) in [4.78, 5) is 27.0. The van der Waals surface area contributed by atoms with E-state index in [0.717, 1.165) is 42.8 Å². The van der Waals surface area contributed by atoms with E-state index in [4.69, 9.17) is 0 Å². The van der Waals surface area contributed by atoms with Gasteiger partial charge >= 0.3 is 0 Å². The summed E-state index contributed by atoms with van der Waals surface area (Å²) in [6.45, 7) is 6.29. The quantitative estimate of drug-likeness (QED) is 0.785. The number of rotatable bonds is 4. The number of aromatic amines is 1. The van der Waals surface area contributed by atoms with Gasteiger partial charge in [0.2, 0.25) is 5.91 Å². The molecule has 1 fully saturated rings. The molecule has 6 heteroatoms. The monoisotopic (exact) mass is 351 g/mol. The predicted molar refractivity (Wildman–Crippen MR) is 101 cm³/mol. The Morgan fingerprint density at radius 3 is 3.04 bits per heavy atom. The van der Waals surface area contributed by atoms with E-state index in [2.05, 4.69) is 27.1 Å². The van der Waals surface area contributed by atoms with E-state index < -0.39 is 0 Å². The normalized spacial score (nSPS) is 19.0. The van der Waals surface area contributed by atoms with Gasteiger partial charge in [0.25, 0.3) is 0 Å². The molecule has 0 aliphatic carbocycles. The van der Waals surface area contributed by atoms with Gasteiger partial charge < -0.3 is 14.5 Å². The molecule has 4 heterocycles. The Hall–Kier alpha value is -2.63. The molecule has 2 atom stereocenters. The van der Waals surface area contributed by atoms with E-state index in [9.17, 15) is 4.79 Å². The fraction of sp³-hybridized carbons (Fsp3) is 0.450. The van der Waals surface area contributed by atoms with Crippen LogP contribution in [-0.2, 0) is 11.3 Å². The van der Waals surface area contributed by atoms with Gasteiger partial charge in [0, 0.05) is 55.2 Å². The maximum atomic E-state index is 13.0. The molecule has 1 aliphatic rings. The first-order valence-corrected chi connectivity index (χ1v) is 9.32. The number of aryl methyl sites for hydroxylation is 1. The van der Waals surface area contributed by atoms with Crippen molar-refractivity contribution in [3.8, 4) is 0 Å². The summed E-state index contributed by atoms with van der Waals surface area (Å²) in [6.07, 6.45) is 7.67. The van der Waals surface area contributed by atoms with Gasteiger partial charge in [0.1, 0.15) is 11.5 Å². The maximum absolute atomic E-state index is 13.0. The number of fused-ring (bicyclic) bond motifs is 1. The minimum atomic E-state index is -0.0500. The van der Waals surface area contributed by atoms with Crippen LogP contribution in [0, 0.1) is 12.8 Å². The van der Waals surface area contributed by atoms with Crippen molar-refractivity contribution in [2.24, 2.45) is 5.92 Å². The second-order valence-corrected chi connectivity index (χ2v) is 7.32. The molecule has 0 saturated carbocycles. The van der Waals surface area contributed by atoms with Crippen molar-refractivity contribution in [2.75, 3.05) is 13.1 Å². The van der Waals surface area contributed by atoms with Gasteiger partial charge in [-0.25, -0.2) is 9.97 Å². The standard InChI is InChI=1S/C20H25N5O/c1-14(12-24-10-8-21-15(24)2)20(26)25-9-4-6-17(13-25)18-11-16-5-3-7-22-19(16)23-18/h3,5,7-8,10-11,14,17H,4,6,9,12-13H2,1-2H3,(H,22,23)/t14-,17+/m1/s1. The molecule has 1 N–H and O–H groups in total. The third-order valence-corrected chi connectivity index (χ3v) is 5.40. The molecule has 3 aromatic heterocycles. The number of carbonyl (C=O) groups excluding carboxylic acids is 1. The van der Waals surface area contributed by atoms with Crippen LogP contribution in [0.25, 0.3) is 11.0 Å². The molecule has 0 bridgehead atoms. The summed E-state index contributed by atoms with van der Waals surface area (Å²) in [7, 11) is 0. The second-order valence-electron chi connectivity index (χ2n) is 7.32. The molecule has 3 aromatic rings. The fourth-order valence-corrected chi connectivity index (χ4v) is 3.91. The lowest BCUT2D eigenvalue weighted by atomic mass is 9.94. The number of amides is 1. The molecule has 0 radical (unpaired) electrons. The van der Waals surface area contributed by atoms with E-state index >= 15 is 0 Å². The second kappa shape index (κ2) is 6.94. The van der Waals surface area contributed by atoms with E-state index in [1.165, 1.54) is 5.69 Å². The van der Waals surface area contributed by atoms with Crippen LogP contribution in [-0.4, -0.2) is 43.4 Å².